The lowest BCUT2D eigenvalue weighted by atomic mass is 10.00. The molecule has 3 aromatic rings. The van der Waals surface area contributed by atoms with Gasteiger partial charge in [-0.05, 0) is 50.1 Å². The number of rotatable bonds is 8. The number of aromatic nitrogens is 1. The van der Waals surface area contributed by atoms with Crippen LogP contribution >= 0.6 is 0 Å². The van der Waals surface area contributed by atoms with Gasteiger partial charge in [0.25, 0.3) is 0 Å². The van der Waals surface area contributed by atoms with Gasteiger partial charge in [0.15, 0.2) is 17.3 Å². The Balaban J connectivity index is 1.66. The lowest BCUT2D eigenvalue weighted by Crippen LogP contribution is -2.37. The molecule has 1 N–H and O–H groups in total. The van der Waals surface area contributed by atoms with Crippen molar-refractivity contribution in [2.45, 2.75) is 39.0 Å². The quantitative estimate of drug-likeness (QED) is 0.565. The van der Waals surface area contributed by atoms with E-state index in [2.05, 4.69) is 16.1 Å². The molecule has 7 heteroatoms. The van der Waals surface area contributed by atoms with Gasteiger partial charge in [0.05, 0.1) is 26.0 Å². The van der Waals surface area contributed by atoms with Gasteiger partial charge in [-0.25, -0.2) is 0 Å². The van der Waals surface area contributed by atoms with Crippen LogP contribution in [-0.2, 0) is 13.2 Å². The van der Waals surface area contributed by atoms with Crippen molar-refractivity contribution >= 4 is 0 Å². The van der Waals surface area contributed by atoms with Crippen LogP contribution in [-0.4, -0.2) is 48.6 Å². The zero-order valence-corrected chi connectivity index (χ0v) is 18.8. The van der Waals surface area contributed by atoms with Gasteiger partial charge in [-0.15, -0.1) is 0 Å². The van der Waals surface area contributed by atoms with E-state index in [4.69, 9.17) is 18.7 Å². The number of hydrogen-bond acceptors (Lipinski definition) is 7. The number of aliphatic hydroxyl groups is 1. The van der Waals surface area contributed by atoms with E-state index in [1.54, 1.807) is 14.2 Å². The van der Waals surface area contributed by atoms with E-state index < -0.39 is 0 Å². The van der Waals surface area contributed by atoms with E-state index in [0.29, 0.717) is 37.0 Å². The Labute approximate surface area is 188 Å². The average molecular weight is 439 g/mol. The van der Waals surface area contributed by atoms with Crippen molar-refractivity contribution in [1.29, 1.82) is 0 Å². The molecule has 1 fully saturated rings. The fourth-order valence-corrected chi connectivity index (χ4v) is 4.17. The molecule has 1 aliphatic heterocycles. The highest BCUT2D eigenvalue weighted by atomic mass is 16.5. The van der Waals surface area contributed by atoms with Gasteiger partial charge in [0.1, 0.15) is 12.4 Å². The highest BCUT2D eigenvalue weighted by molar-refractivity contribution is 5.75. The summed E-state index contributed by atoms with van der Waals surface area (Å²) in [4.78, 5) is 2.27. The third-order valence-corrected chi connectivity index (χ3v) is 5.70. The molecule has 170 valence electrons. The van der Waals surface area contributed by atoms with Crippen molar-refractivity contribution in [2.75, 3.05) is 27.3 Å². The molecule has 0 spiro atoms. The second-order valence-electron chi connectivity index (χ2n) is 8.12. The van der Waals surface area contributed by atoms with Gasteiger partial charge < -0.3 is 23.8 Å². The van der Waals surface area contributed by atoms with Crippen LogP contribution in [0.1, 0.15) is 29.9 Å². The van der Waals surface area contributed by atoms with E-state index in [9.17, 15) is 5.11 Å². The predicted octanol–water partition coefficient (Wildman–Crippen LogP) is 4.20. The largest absolute Gasteiger partial charge is 0.493 e. The second-order valence-corrected chi connectivity index (χ2v) is 8.12. The summed E-state index contributed by atoms with van der Waals surface area (Å²) < 4.78 is 22.5. The number of nitrogens with zero attached hydrogens (tertiary/aromatic N) is 2. The fraction of sp³-hybridized carbons (Fsp3) is 0.400. The number of aryl methyl sites for hydroxylation is 1. The second kappa shape index (κ2) is 10.1. The maximum absolute atomic E-state index is 10.1. The number of piperidine rings is 1. The average Bonchev–Trinajstić information content (AvgIpc) is 3.22. The molecule has 0 bridgehead atoms. The number of hydrogen-bond donors (Lipinski definition) is 1. The monoisotopic (exact) mass is 438 g/mol. The van der Waals surface area contributed by atoms with Crippen LogP contribution in [0.5, 0.6) is 17.2 Å². The lowest BCUT2D eigenvalue weighted by molar-refractivity contribution is 0.0662. The van der Waals surface area contributed by atoms with Crippen LogP contribution in [0.25, 0.3) is 11.1 Å². The van der Waals surface area contributed by atoms with Crippen molar-refractivity contribution in [3.05, 3.63) is 59.5 Å². The van der Waals surface area contributed by atoms with Crippen molar-refractivity contribution in [3.8, 4) is 28.4 Å². The number of likely N-dealkylation sites (tertiary alicyclic amines) is 1. The molecule has 0 radical (unpaired) electrons. The van der Waals surface area contributed by atoms with Crippen LogP contribution in [0.2, 0.25) is 0 Å². The first kappa shape index (κ1) is 22.2. The Morgan fingerprint density at radius 1 is 1.12 bits per heavy atom. The molecule has 2 heterocycles. The molecule has 1 aliphatic rings. The number of ether oxygens (including phenoxy) is 3. The van der Waals surface area contributed by atoms with Gasteiger partial charge in [0, 0.05) is 30.3 Å². The summed E-state index contributed by atoms with van der Waals surface area (Å²) in [5, 5.41) is 14.0. The highest BCUT2D eigenvalue weighted by Gasteiger charge is 2.20. The van der Waals surface area contributed by atoms with Gasteiger partial charge in [-0.3, -0.25) is 4.90 Å². The molecule has 7 nitrogen and oxygen atoms in total. The highest BCUT2D eigenvalue weighted by Crippen LogP contribution is 2.39. The summed E-state index contributed by atoms with van der Waals surface area (Å²) in [5.41, 5.74) is 3.82. The molecule has 0 aliphatic carbocycles. The maximum atomic E-state index is 10.1. The predicted molar refractivity (Wildman–Crippen MR) is 121 cm³/mol. The fourth-order valence-electron chi connectivity index (χ4n) is 4.17. The van der Waals surface area contributed by atoms with E-state index in [-0.39, 0.29) is 6.10 Å². The molecular formula is C25H30N2O5. The minimum atomic E-state index is -0.285. The number of benzene rings is 2. The smallest absolute Gasteiger partial charge is 0.174 e. The third-order valence-electron chi connectivity index (χ3n) is 5.70. The summed E-state index contributed by atoms with van der Waals surface area (Å²) in [7, 11) is 3.28. The van der Waals surface area contributed by atoms with Crippen molar-refractivity contribution < 1.29 is 23.8 Å². The summed E-state index contributed by atoms with van der Waals surface area (Å²) in [5.74, 6) is 2.84. The zero-order chi connectivity index (χ0) is 22.5. The summed E-state index contributed by atoms with van der Waals surface area (Å²) >= 11 is 0. The van der Waals surface area contributed by atoms with Gasteiger partial charge in [0.2, 0.25) is 0 Å². The Morgan fingerprint density at radius 3 is 2.72 bits per heavy atom. The number of methoxy groups -OCH3 is 2. The Morgan fingerprint density at radius 2 is 2.00 bits per heavy atom. The first-order chi connectivity index (χ1) is 15.6. The van der Waals surface area contributed by atoms with Crippen molar-refractivity contribution in [1.82, 2.24) is 10.1 Å². The van der Waals surface area contributed by atoms with Crippen molar-refractivity contribution in [3.63, 3.8) is 0 Å². The minimum absolute atomic E-state index is 0.285. The van der Waals surface area contributed by atoms with Crippen LogP contribution in [0, 0.1) is 6.92 Å². The summed E-state index contributed by atoms with van der Waals surface area (Å²) in [6.07, 6.45) is 1.55. The van der Waals surface area contributed by atoms with E-state index in [1.165, 1.54) is 0 Å². The Kier molecular flexibility index (Phi) is 6.97. The standard InChI is InChI=1S/C25H30N2O5/c1-17-12-21(32-26-17)16-31-23-10-9-18(22-7-4-8-24(29-2)25(22)30-3)13-19(23)14-27-11-5-6-20(28)15-27/h4,7-10,12-13,20,28H,5-6,11,14-16H2,1-3H3/t20-/m0/s1. The van der Waals surface area contributed by atoms with E-state index >= 15 is 0 Å². The van der Waals surface area contributed by atoms with Crippen LogP contribution < -0.4 is 14.2 Å². The molecule has 1 aromatic heterocycles. The molecule has 32 heavy (non-hydrogen) atoms. The van der Waals surface area contributed by atoms with E-state index in [0.717, 1.165) is 47.5 Å². The third kappa shape index (κ3) is 5.06. The summed E-state index contributed by atoms with van der Waals surface area (Å²) in [6, 6.07) is 13.8. The molecule has 0 amide bonds. The number of aliphatic hydroxyl groups excluding tert-OH is 1. The molecule has 0 unspecified atom stereocenters. The van der Waals surface area contributed by atoms with E-state index in [1.807, 2.05) is 43.3 Å². The SMILES string of the molecule is COc1cccc(-c2ccc(OCc3cc(C)no3)c(CN3CCC[C@H](O)C3)c2)c1OC. The molecular weight excluding hydrogens is 408 g/mol. The first-order valence-corrected chi connectivity index (χ1v) is 10.9. The molecule has 4 rings (SSSR count). The van der Waals surface area contributed by atoms with Gasteiger partial charge in [-0.2, -0.15) is 0 Å². The molecule has 1 atom stereocenters. The lowest BCUT2D eigenvalue weighted by Gasteiger charge is -2.30. The molecule has 1 saturated heterocycles. The normalized spacial score (nSPS) is 16.7. The molecule has 2 aromatic carbocycles. The minimum Gasteiger partial charge on any atom is -0.493 e. The number of β-amino-alcohol motifs (C(OH)–C–C–N with tert-alkyl or cyclic N) is 1. The Bertz CT molecular complexity index is 1050. The van der Waals surface area contributed by atoms with Crippen LogP contribution in [0.3, 0.4) is 0 Å². The molecule has 0 saturated carbocycles. The number of para-hydroxylation sites is 1. The van der Waals surface area contributed by atoms with Gasteiger partial charge in [-0.1, -0.05) is 23.4 Å². The topological polar surface area (TPSA) is 77.2 Å². The Hall–Kier alpha value is -3.03. The maximum Gasteiger partial charge on any atom is 0.174 e. The van der Waals surface area contributed by atoms with Crippen molar-refractivity contribution in [2.24, 2.45) is 0 Å². The summed E-state index contributed by atoms with van der Waals surface area (Å²) in [6.45, 7) is 4.48. The van der Waals surface area contributed by atoms with Crippen LogP contribution in [0.15, 0.2) is 47.0 Å². The van der Waals surface area contributed by atoms with Gasteiger partial charge >= 0.3 is 0 Å². The first-order valence-electron chi connectivity index (χ1n) is 10.9. The zero-order valence-electron chi connectivity index (χ0n) is 18.8. The van der Waals surface area contributed by atoms with Crippen LogP contribution in [0.4, 0.5) is 0 Å².